The molecule has 0 bridgehead atoms. The normalized spacial score (nSPS) is 10.7. The smallest absolute Gasteiger partial charge is 0.303 e. The quantitative estimate of drug-likeness (QED) is 0.580. The van der Waals surface area contributed by atoms with E-state index >= 15 is 0 Å². The Morgan fingerprint density at radius 1 is 1.60 bits per heavy atom. The first kappa shape index (κ1) is 11.2. The van der Waals surface area contributed by atoms with Crippen LogP contribution in [-0.4, -0.2) is 9.91 Å². The van der Waals surface area contributed by atoms with Crippen molar-refractivity contribution in [1.82, 2.24) is 4.98 Å². The summed E-state index contributed by atoms with van der Waals surface area (Å²) < 4.78 is 25.0. The van der Waals surface area contributed by atoms with Gasteiger partial charge in [-0.25, -0.2) is 8.78 Å². The van der Waals surface area contributed by atoms with Gasteiger partial charge in [-0.1, -0.05) is 0 Å². The van der Waals surface area contributed by atoms with Crippen LogP contribution < -0.4 is 11.5 Å². The molecule has 0 fully saturated rings. The first-order chi connectivity index (χ1) is 6.99. The summed E-state index contributed by atoms with van der Waals surface area (Å²) in [4.78, 5) is 13.2. The van der Waals surface area contributed by atoms with Crippen molar-refractivity contribution >= 4 is 11.4 Å². The van der Waals surface area contributed by atoms with Crippen molar-refractivity contribution in [2.75, 3.05) is 5.73 Å². The van der Waals surface area contributed by atoms with Gasteiger partial charge in [-0.05, 0) is 0 Å². The van der Waals surface area contributed by atoms with Crippen molar-refractivity contribution in [3.8, 4) is 0 Å². The summed E-state index contributed by atoms with van der Waals surface area (Å²) >= 11 is 0. The summed E-state index contributed by atoms with van der Waals surface area (Å²) in [6, 6.07) is 0. The number of hydrogen-bond acceptors (Lipinski definition) is 5. The fourth-order valence-electron chi connectivity index (χ4n) is 1.15. The monoisotopic (exact) mass is 218 g/mol. The number of hydrogen-bond donors (Lipinski definition) is 2. The molecule has 0 aliphatic carbocycles. The predicted molar refractivity (Wildman–Crippen MR) is 48.2 cm³/mol. The molecule has 0 atom stereocenters. The van der Waals surface area contributed by atoms with Gasteiger partial charge >= 0.3 is 5.69 Å². The van der Waals surface area contributed by atoms with Gasteiger partial charge in [-0.2, -0.15) is 0 Å². The zero-order valence-corrected chi connectivity index (χ0v) is 7.48. The third kappa shape index (κ3) is 1.99. The fraction of sp³-hybridized carbons (Fsp3) is 0.286. The lowest BCUT2D eigenvalue weighted by Crippen LogP contribution is -2.10. The minimum Gasteiger partial charge on any atom is -0.397 e. The van der Waals surface area contributed by atoms with Crippen LogP contribution in [0.15, 0.2) is 6.20 Å². The second kappa shape index (κ2) is 4.13. The minimum absolute atomic E-state index is 0.204. The molecule has 0 aliphatic rings. The van der Waals surface area contributed by atoms with Crippen LogP contribution in [0.1, 0.15) is 17.7 Å². The first-order valence-electron chi connectivity index (χ1n) is 3.88. The van der Waals surface area contributed by atoms with E-state index in [-0.39, 0.29) is 12.2 Å². The Morgan fingerprint density at radius 3 is 2.60 bits per heavy atom. The molecule has 0 saturated heterocycles. The van der Waals surface area contributed by atoms with Gasteiger partial charge in [0.1, 0.15) is 11.3 Å². The number of nitro groups is 1. The highest BCUT2D eigenvalue weighted by atomic mass is 19.3. The number of alkyl halides is 2. The average molecular weight is 218 g/mol. The van der Waals surface area contributed by atoms with Gasteiger partial charge in [-0.15, -0.1) is 0 Å². The van der Waals surface area contributed by atoms with Crippen LogP contribution in [0.3, 0.4) is 0 Å². The second-order valence-electron chi connectivity index (χ2n) is 2.68. The van der Waals surface area contributed by atoms with E-state index in [1.165, 1.54) is 0 Å². The molecule has 4 N–H and O–H groups in total. The van der Waals surface area contributed by atoms with Crippen LogP contribution >= 0.6 is 0 Å². The molecule has 1 heterocycles. The molecule has 0 radical (unpaired) electrons. The van der Waals surface area contributed by atoms with E-state index in [2.05, 4.69) is 4.98 Å². The number of nitrogen functional groups attached to an aromatic ring is 1. The highest BCUT2D eigenvalue weighted by molar-refractivity contribution is 5.59. The molecule has 0 spiro atoms. The van der Waals surface area contributed by atoms with Gasteiger partial charge in [0.15, 0.2) is 0 Å². The number of rotatable bonds is 3. The summed E-state index contributed by atoms with van der Waals surface area (Å²) in [7, 11) is 0. The minimum atomic E-state index is -3.03. The molecule has 0 saturated carbocycles. The maximum absolute atomic E-state index is 12.5. The molecular weight excluding hydrogens is 210 g/mol. The standard InChI is InChI=1S/C7H8F2N4O2/c8-7(9)5-3(11)2-12-4(1-10)6(5)13(14)15/h2,7H,1,10-11H2. The summed E-state index contributed by atoms with van der Waals surface area (Å²) in [5, 5.41) is 10.6. The molecule has 0 aliphatic heterocycles. The van der Waals surface area contributed by atoms with Crippen LogP contribution in [0.4, 0.5) is 20.2 Å². The second-order valence-corrected chi connectivity index (χ2v) is 2.68. The highest BCUT2D eigenvalue weighted by Gasteiger charge is 2.28. The number of halogens is 2. The van der Waals surface area contributed by atoms with Crippen molar-refractivity contribution in [3.63, 3.8) is 0 Å². The topological polar surface area (TPSA) is 108 Å². The van der Waals surface area contributed by atoms with Gasteiger partial charge in [0.05, 0.1) is 16.8 Å². The lowest BCUT2D eigenvalue weighted by molar-refractivity contribution is -0.387. The molecule has 1 aromatic rings. The van der Waals surface area contributed by atoms with E-state index in [9.17, 15) is 18.9 Å². The molecule has 0 aromatic carbocycles. The van der Waals surface area contributed by atoms with Crippen molar-refractivity contribution in [2.24, 2.45) is 5.73 Å². The Bertz CT molecular complexity index is 397. The Morgan fingerprint density at radius 2 is 2.20 bits per heavy atom. The molecule has 1 rings (SSSR count). The van der Waals surface area contributed by atoms with E-state index in [1.807, 2.05) is 0 Å². The van der Waals surface area contributed by atoms with Crippen LogP contribution in [0.25, 0.3) is 0 Å². The summed E-state index contributed by atoms with van der Waals surface area (Å²) in [5.41, 5.74) is 8.12. The Hall–Kier alpha value is -1.83. The van der Waals surface area contributed by atoms with Gasteiger partial charge in [0.2, 0.25) is 0 Å². The average Bonchev–Trinajstić information content (AvgIpc) is 2.16. The van der Waals surface area contributed by atoms with E-state index in [1.54, 1.807) is 0 Å². The number of aromatic nitrogens is 1. The van der Waals surface area contributed by atoms with Crippen molar-refractivity contribution in [3.05, 3.63) is 27.6 Å². The fourth-order valence-corrected chi connectivity index (χ4v) is 1.15. The number of pyridine rings is 1. The van der Waals surface area contributed by atoms with E-state index in [0.29, 0.717) is 0 Å². The van der Waals surface area contributed by atoms with Crippen LogP contribution in [0, 0.1) is 10.1 Å². The number of nitrogens with zero attached hydrogens (tertiary/aromatic N) is 2. The molecule has 15 heavy (non-hydrogen) atoms. The lowest BCUT2D eigenvalue weighted by atomic mass is 10.1. The van der Waals surface area contributed by atoms with Crippen molar-refractivity contribution < 1.29 is 13.7 Å². The largest absolute Gasteiger partial charge is 0.397 e. The maximum Gasteiger partial charge on any atom is 0.303 e. The van der Waals surface area contributed by atoms with Crippen LogP contribution in [0.5, 0.6) is 0 Å². The molecule has 82 valence electrons. The molecule has 8 heteroatoms. The zero-order chi connectivity index (χ0) is 11.6. The van der Waals surface area contributed by atoms with Gasteiger partial charge in [0, 0.05) is 6.54 Å². The van der Waals surface area contributed by atoms with E-state index < -0.39 is 28.3 Å². The van der Waals surface area contributed by atoms with E-state index in [0.717, 1.165) is 6.20 Å². The highest BCUT2D eigenvalue weighted by Crippen LogP contribution is 2.34. The SMILES string of the molecule is NCc1ncc(N)c(C(F)F)c1[N+](=O)[O-]. The summed E-state index contributed by atoms with van der Waals surface area (Å²) in [6.45, 7) is -0.295. The Balaban J connectivity index is 3.51. The first-order valence-corrected chi connectivity index (χ1v) is 3.88. The molecule has 1 aromatic heterocycles. The molecular formula is C7H8F2N4O2. The van der Waals surface area contributed by atoms with Gasteiger partial charge < -0.3 is 11.5 Å². The molecule has 0 unspecified atom stereocenters. The lowest BCUT2D eigenvalue weighted by Gasteiger charge is -2.07. The molecule has 6 nitrogen and oxygen atoms in total. The number of anilines is 1. The predicted octanol–water partition coefficient (Wildman–Crippen LogP) is 0.968. The van der Waals surface area contributed by atoms with Crippen molar-refractivity contribution in [1.29, 1.82) is 0 Å². The maximum atomic E-state index is 12.5. The summed E-state index contributed by atoms with van der Waals surface area (Å²) in [5.74, 6) is 0. The van der Waals surface area contributed by atoms with Gasteiger partial charge in [-0.3, -0.25) is 15.1 Å². The third-order valence-electron chi connectivity index (χ3n) is 1.79. The van der Waals surface area contributed by atoms with Crippen LogP contribution in [-0.2, 0) is 6.54 Å². The Kier molecular flexibility index (Phi) is 3.10. The molecule has 0 amide bonds. The zero-order valence-electron chi connectivity index (χ0n) is 7.48. The van der Waals surface area contributed by atoms with Crippen LogP contribution in [0.2, 0.25) is 0 Å². The van der Waals surface area contributed by atoms with Gasteiger partial charge in [0.25, 0.3) is 6.43 Å². The third-order valence-corrected chi connectivity index (χ3v) is 1.79. The van der Waals surface area contributed by atoms with Crippen molar-refractivity contribution in [2.45, 2.75) is 13.0 Å². The Labute approximate surface area is 83.0 Å². The van der Waals surface area contributed by atoms with E-state index in [4.69, 9.17) is 11.5 Å². The number of nitrogens with two attached hydrogens (primary N) is 2. The summed E-state index contributed by atoms with van der Waals surface area (Å²) in [6.07, 6.45) is -2.09.